The maximum atomic E-state index is 12.0. The van der Waals surface area contributed by atoms with Gasteiger partial charge in [-0.2, -0.15) is 0 Å². The molecule has 2 saturated heterocycles. The minimum Gasteiger partial charge on any atom is -0.377 e. The van der Waals surface area contributed by atoms with Crippen LogP contribution in [-0.2, 0) is 4.74 Å². The maximum Gasteiger partial charge on any atom is 0.317 e. The Labute approximate surface area is 122 Å². The molecule has 0 bridgehead atoms. The van der Waals surface area contributed by atoms with Crippen molar-refractivity contribution in [2.24, 2.45) is 5.92 Å². The highest BCUT2D eigenvalue weighted by atomic mass is 16.5. The van der Waals surface area contributed by atoms with Gasteiger partial charge >= 0.3 is 6.03 Å². The summed E-state index contributed by atoms with van der Waals surface area (Å²) in [5.74, 6) is 0.638. The lowest BCUT2D eigenvalue weighted by Crippen LogP contribution is -2.53. The van der Waals surface area contributed by atoms with Gasteiger partial charge in [0.25, 0.3) is 0 Å². The minimum atomic E-state index is 0.0995. The van der Waals surface area contributed by atoms with Crippen molar-refractivity contribution in [2.75, 3.05) is 45.9 Å². The van der Waals surface area contributed by atoms with Crippen molar-refractivity contribution >= 4 is 6.03 Å². The van der Waals surface area contributed by atoms with E-state index in [4.69, 9.17) is 4.74 Å². The van der Waals surface area contributed by atoms with Gasteiger partial charge in [0.05, 0.1) is 6.10 Å². The molecular formula is C15H29N3O2. The first-order chi connectivity index (χ1) is 9.65. The first kappa shape index (κ1) is 15.6. The molecule has 2 amide bonds. The van der Waals surface area contributed by atoms with Gasteiger partial charge in [0, 0.05) is 45.9 Å². The van der Waals surface area contributed by atoms with Crippen molar-refractivity contribution in [3.63, 3.8) is 0 Å². The molecular weight excluding hydrogens is 254 g/mol. The zero-order valence-corrected chi connectivity index (χ0v) is 12.9. The lowest BCUT2D eigenvalue weighted by atomic mass is 10.1. The van der Waals surface area contributed by atoms with Gasteiger partial charge in [-0.05, 0) is 25.2 Å². The Morgan fingerprint density at radius 3 is 2.65 bits per heavy atom. The van der Waals surface area contributed by atoms with Gasteiger partial charge in [-0.15, -0.1) is 0 Å². The zero-order valence-electron chi connectivity index (χ0n) is 12.9. The van der Waals surface area contributed by atoms with Gasteiger partial charge in [-0.3, -0.25) is 4.90 Å². The van der Waals surface area contributed by atoms with E-state index >= 15 is 0 Å². The number of nitrogens with zero attached hydrogens (tertiary/aromatic N) is 2. The predicted octanol–water partition coefficient (Wildman–Crippen LogP) is 1.54. The van der Waals surface area contributed by atoms with E-state index in [1.54, 1.807) is 0 Å². The Bertz CT molecular complexity index is 295. The quantitative estimate of drug-likeness (QED) is 0.832. The molecule has 116 valence electrons. The fourth-order valence-electron chi connectivity index (χ4n) is 2.79. The summed E-state index contributed by atoms with van der Waals surface area (Å²) in [6.45, 7) is 10.7. The number of carbonyl (C=O) groups is 1. The van der Waals surface area contributed by atoms with E-state index in [-0.39, 0.29) is 6.03 Å². The number of hydrogen-bond donors (Lipinski definition) is 1. The topological polar surface area (TPSA) is 44.8 Å². The van der Waals surface area contributed by atoms with Crippen molar-refractivity contribution in [3.05, 3.63) is 0 Å². The second kappa shape index (κ2) is 7.84. The fourth-order valence-corrected chi connectivity index (χ4v) is 2.79. The summed E-state index contributed by atoms with van der Waals surface area (Å²) in [4.78, 5) is 16.4. The average molecular weight is 283 g/mol. The van der Waals surface area contributed by atoms with Crippen LogP contribution in [0.1, 0.15) is 33.1 Å². The van der Waals surface area contributed by atoms with Crippen LogP contribution in [0.25, 0.3) is 0 Å². The monoisotopic (exact) mass is 283 g/mol. The van der Waals surface area contributed by atoms with E-state index < -0.39 is 0 Å². The van der Waals surface area contributed by atoms with Gasteiger partial charge in [0.1, 0.15) is 0 Å². The normalized spacial score (nSPS) is 24.4. The molecule has 0 aromatic heterocycles. The number of ether oxygens (including phenoxy) is 1. The maximum absolute atomic E-state index is 12.0. The van der Waals surface area contributed by atoms with Gasteiger partial charge in [0.15, 0.2) is 0 Å². The molecule has 5 heteroatoms. The molecule has 2 aliphatic heterocycles. The van der Waals surface area contributed by atoms with Crippen molar-refractivity contribution < 1.29 is 9.53 Å². The van der Waals surface area contributed by atoms with E-state index in [0.29, 0.717) is 12.0 Å². The third-order valence-corrected chi connectivity index (χ3v) is 4.14. The molecule has 5 nitrogen and oxygen atoms in total. The van der Waals surface area contributed by atoms with Crippen LogP contribution in [0, 0.1) is 5.92 Å². The molecule has 0 radical (unpaired) electrons. The molecule has 0 aromatic carbocycles. The molecule has 2 aliphatic rings. The molecule has 1 N–H and O–H groups in total. The molecule has 2 fully saturated rings. The van der Waals surface area contributed by atoms with E-state index in [1.807, 2.05) is 4.90 Å². The molecule has 0 saturated carbocycles. The van der Waals surface area contributed by atoms with E-state index in [2.05, 4.69) is 24.1 Å². The summed E-state index contributed by atoms with van der Waals surface area (Å²) in [6, 6.07) is 0.0995. The number of piperazine rings is 1. The molecule has 20 heavy (non-hydrogen) atoms. The van der Waals surface area contributed by atoms with Crippen LogP contribution in [0.15, 0.2) is 0 Å². The Hall–Kier alpha value is -0.810. The molecule has 0 aliphatic carbocycles. The molecule has 2 heterocycles. The lowest BCUT2D eigenvalue weighted by Gasteiger charge is -2.35. The van der Waals surface area contributed by atoms with Crippen LogP contribution < -0.4 is 5.32 Å². The van der Waals surface area contributed by atoms with Crippen LogP contribution in [0.3, 0.4) is 0 Å². The number of amides is 2. The first-order valence-electron chi connectivity index (χ1n) is 8.02. The van der Waals surface area contributed by atoms with Crippen molar-refractivity contribution in [3.8, 4) is 0 Å². The van der Waals surface area contributed by atoms with Gasteiger partial charge in [-0.25, -0.2) is 4.79 Å². The van der Waals surface area contributed by atoms with Crippen LogP contribution in [0.5, 0.6) is 0 Å². The van der Waals surface area contributed by atoms with Crippen LogP contribution >= 0.6 is 0 Å². The zero-order chi connectivity index (χ0) is 14.4. The SMILES string of the molecule is CC(C)CCNC(=O)N1CCN(CC2CCCO2)CC1. The highest BCUT2D eigenvalue weighted by molar-refractivity contribution is 5.74. The first-order valence-corrected chi connectivity index (χ1v) is 8.02. The Morgan fingerprint density at radius 2 is 2.05 bits per heavy atom. The number of carbonyl (C=O) groups excluding carboxylic acids is 1. The second-order valence-corrected chi connectivity index (χ2v) is 6.34. The largest absolute Gasteiger partial charge is 0.377 e. The van der Waals surface area contributed by atoms with Gasteiger partial charge in [0.2, 0.25) is 0 Å². The van der Waals surface area contributed by atoms with E-state index in [9.17, 15) is 4.79 Å². The molecule has 0 spiro atoms. The van der Waals surface area contributed by atoms with Crippen LogP contribution in [0.4, 0.5) is 4.79 Å². The molecule has 0 aromatic rings. The Morgan fingerprint density at radius 1 is 1.30 bits per heavy atom. The Kier molecular flexibility index (Phi) is 6.10. The summed E-state index contributed by atoms with van der Waals surface area (Å²) in [7, 11) is 0. The fraction of sp³-hybridized carbons (Fsp3) is 0.933. The number of hydrogen-bond acceptors (Lipinski definition) is 3. The van der Waals surface area contributed by atoms with Crippen molar-refractivity contribution in [1.29, 1.82) is 0 Å². The lowest BCUT2D eigenvalue weighted by molar-refractivity contribution is 0.0561. The van der Waals surface area contributed by atoms with Crippen molar-refractivity contribution in [2.45, 2.75) is 39.2 Å². The number of rotatable bonds is 5. The predicted molar refractivity (Wildman–Crippen MR) is 79.8 cm³/mol. The summed E-state index contributed by atoms with van der Waals surface area (Å²) >= 11 is 0. The van der Waals surface area contributed by atoms with Gasteiger partial charge in [-0.1, -0.05) is 13.8 Å². The molecule has 2 rings (SSSR count). The second-order valence-electron chi connectivity index (χ2n) is 6.34. The highest BCUT2D eigenvalue weighted by Crippen LogP contribution is 2.14. The van der Waals surface area contributed by atoms with E-state index in [1.165, 1.54) is 12.8 Å². The van der Waals surface area contributed by atoms with Crippen LogP contribution in [-0.4, -0.2) is 67.8 Å². The standard InChI is InChI=1S/C15H29N3O2/c1-13(2)5-6-16-15(19)18-9-7-17(8-10-18)12-14-4-3-11-20-14/h13-14H,3-12H2,1-2H3,(H,16,19). The summed E-state index contributed by atoms with van der Waals surface area (Å²) in [5, 5.41) is 3.02. The van der Waals surface area contributed by atoms with Crippen LogP contribution in [0.2, 0.25) is 0 Å². The number of urea groups is 1. The summed E-state index contributed by atoms with van der Waals surface area (Å²) in [5.41, 5.74) is 0. The number of nitrogens with one attached hydrogen (secondary N) is 1. The smallest absolute Gasteiger partial charge is 0.317 e. The third kappa shape index (κ3) is 4.94. The third-order valence-electron chi connectivity index (χ3n) is 4.14. The summed E-state index contributed by atoms with van der Waals surface area (Å²) in [6.07, 6.45) is 3.85. The van der Waals surface area contributed by atoms with Crippen molar-refractivity contribution in [1.82, 2.24) is 15.1 Å². The van der Waals surface area contributed by atoms with Gasteiger partial charge < -0.3 is 15.0 Å². The Balaban J connectivity index is 1.61. The highest BCUT2D eigenvalue weighted by Gasteiger charge is 2.24. The molecule has 1 unspecified atom stereocenters. The summed E-state index contributed by atoms with van der Waals surface area (Å²) < 4.78 is 5.67. The van der Waals surface area contributed by atoms with E-state index in [0.717, 1.165) is 52.3 Å². The minimum absolute atomic E-state index is 0.0995. The average Bonchev–Trinajstić information content (AvgIpc) is 2.92. The molecule has 1 atom stereocenters.